The smallest absolute Gasteiger partial charge is 0.0625 e. The van der Waals surface area contributed by atoms with E-state index in [-0.39, 0.29) is 0 Å². The van der Waals surface area contributed by atoms with E-state index in [1.165, 1.54) is 19.4 Å². The normalized spacial score (nSPS) is 24.8. The van der Waals surface area contributed by atoms with Gasteiger partial charge in [-0.15, -0.1) is 6.58 Å². The molecular formula is C10H16N2. The zero-order valence-corrected chi connectivity index (χ0v) is 7.50. The van der Waals surface area contributed by atoms with Crippen LogP contribution in [-0.4, -0.2) is 24.5 Å². The molecule has 0 aromatic carbocycles. The van der Waals surface area contributed by atoms with Crippen LogP contribution in [0, 0.1) is 17.2 Å². The molecule has 1 atom stereocenters. The minimum atomic E-state index is 0.601. The molecule has 1 rings (SSSR count). The predicted octanol–water partition coefficient (Wildman–Crippen LogP) is 1.80. The van der Waals surface area contributed by atoms with Crippen LogP contribution in [0.1, 0.15) is 19.3 Å². The lowest BCUT2D eigenvalue weighted by Gasteiger charge is -2.30. The molecule has 1 saturated heterocycles. The largest absolute Gasteiger partial charge is 0.299 e. The van der Waals surface area contributed by atoms with E-state index in [0.29, 0.717) is 12.3 Å². The highest BCUT2D eigenvalue weighted by Gasteiger charge is 2.17. The first kappa shape index (κ1) is 9.28. The fourth-order valence-corrected chi connectivity index (χ4v) is 1.80. The number of nitrogens with zero attached hydrogens (tertiary/aromatic N) is 2. The van der Waals surface area contributed by atoms with Gasteiger partial charge < -0.3 is 0 Å². The van der Waals surface area contributed by atoms with E-state index in [9.17, 15) is 0 Å². The van der Waals surface area contributed by atoms with Crippen molar-refractivity contribution in [2.24, 2.45) is 5.92 Å². The van der Waals surface area contributed by atoms with E-state index in [4.69, 9.17) is 5.26 Å². The van der Waals surface area contributed by atoms with Crippen molar-refractivity contribution in [1.82, 2.24) is 4.90 Å². The zero-order valence-electron chi connectivity index (χ0n) is 7.50. The maximum Gasteiger partial charge on any atom is 0.0625 e. The third-order valence-electron chi connectivity index (χ3n) is 2.37. The van der Waals surface area contributed by atoms with E-state index in [0.717, 1.165) is 13.1 Å². The van der Waals surface area contributed by atoms with Crippen molar-refractivity contribution in [1.29, 1.82) is 5.26 Å². The number of nitriles is 1. The quantitative estimate of drug-likeness (QED) is 0.595. The summed E-state index contributed by atoms with van der Waals surface area (Å²) in [5.74, 6) is 0.601. The van der Waals surface area contributed by atoms with Gasteiger partial charge in [0.1, 0.15) is 0 Å². The molecule has 0 radical (unpaired) electrons. The molecule has 0 aromatic rings. The number of hydrogen-bond donors (Lipinski definition) is 0. The van der Waals surface area contributed by atoms with Crippen molar-refractivity contribution in [2.45, 2.75) is 19.3 Å². The summed E-state index contributed by atoms with van der Waals surface area (Å²) >= 11 is 0. The highest BCUT2D eigenvalue weighted by molar-refractivity contribution is 4.83. The predicted molar refractivity (Wildman–Crippen MR) is 49.6 cm³/mol. The van der Waals surface area contributed by atoms with Crippen molar-refractivity contribution in [2.75, 3.05) is 19.6 Å². The van der Waals surface area contributed by atoms with Gasteiger partial charge in [0, 0.05) is 19.5 Å². The van der Waals surface area contributed by atoms with Crippen LogP contribution in [0.4, 0.5) is 0 Å². The molecule has 0 saturated carbocycles. The molecule has 2 nitrogen and oxygen atoms in total. The Kier molecular flexibility index (Phi) is 3.83. The van der Waals surface area contributed by atoms with Gasteiger partial charge >= 0.3 is 0 Å². The lowest BCUT2D eigenvalue weighted by Crippen LogP contribution is -2.35. The van der Waals surface area contributed by atoms with Gasteiger partial charge in [-0.2, -0.15) is 5.26 Å². The molecule has 0 spiro atoms. The summed E-state index contributed by atoms with van der Waals surface area (Å²) < 4.78 is 0. The second-order valence-electron chi connectivity index (χ2n) is 3.42. The van der Waals surface area contributed by atoms with Gasteiger partial charge in [-0.1, -0.05) is 6.08 Å². The Morgan fingerprint density at radius 3 is 3.17 bits per heavy atom. The van der Waals surface area contributed by atoms with E-state index in [2.05, 4.69) is 17.5 Å². The molecule has 0 bridgehead atoms. The first-order valence-electron chi connectivity index (χ1n) is 4.57. The summed E-state index contributed by atoms with van der Waals surface area (Å²) in [5.41, 5.74) is 0. The average Bonchev–Trinajstić information content (AvgIpc) is 2.06. The van der Waals surface area contributed by atoms with E-state index < -0.39 is 0 Å². The van der Waals surface area contributed by atoms with Crippen molar-refractivity contribution in [3.8, 4) is 6.07 Å². The molecule has 1 unspecified atom stereocenters. The first-order valence-corrected chi connectivity index (χ1v) is 4.57. The van der Waals surface area contributed by atoms with Crippen LogP contribution in [0.5, 0.6) is 0 Å². The van der Waals surface area contributed by atoms with Gasteiger partial charge in [0.25, 0.3) is 0 Å². The third kappa shape index (κ3) is 2.67. The Morgan fingerprint density at radius 2 is 2.50 bits per heavy atom. The molecule has 0 N–H and O–H groups in total. The summed E-state index contributed by atoms with van der Waals surface area (Å²) in [5, 5.41) is 8.55. The van der Waals surface area contributed by atoms with Crippen molar-refractivity contribution >= 4 is 0 Å². The van der Waals surface area contributed by atoms with Crippen LogP contribution in [0.25, 0.3) is 0 Å². The molecule has 0 aliphatic carbocycles. The monoisotopic (exact) mass is 164 g/mol. The summed E-state index contributed by atoms with van der Waals surface area (Å²) in [6.07, 6.45) is 5.11. The molecule has 66 valence electrons. The molecular weight excluding hydrogens is 148 g/mol. The van der Waals surface area contributed by atoms with Crippen LogP contribution >= 0.6 is 0 Å². The number of rotatable bonds is 3. The molecule has 1 heterocycles. The van der Waals surface area contributed by atoms with Crippen LogP contribution in [0.3, 0.4) is 0 Å². The molecule has 0 amide bonds. The molecule has 2 heteroatoms. The highest BCUT2D eigenvalue weighted by Crippen LogP contribution is 2.18. The summed E-state index contributed by atoms with van der Waals surface area (Å²) in [4.78, 5) is 2.37. The first-order chi connectivity index (χ1) is 5.86. The van der Waals surface area contributed by atoms with Gasteiger partial charge in [-0.3, -0.25) is 4.90 Å². The Morgan fingerprint density at radius 1 is 1.67 bits per heavy atom. The fourth-order valence-electron chi connectivity index (χ4n) is 1.80. The van der Waals surface area contributed by atoms with E-state index in [1.54, 1.807) is 0 Å². The Labute approximate surface area is 74.5 Å². The van der Waals surface area contributed by atoms with Crippen molar-refractivity contribution in [3.05, 3.63) is 12.7 Å². The third-order valence-corrected chi connectivity index (χ3v) is 2.37. The van der Waals surface area contributed by atoms with Gasteiger partial charge in [0.15, 0.2) is 0 Å². The topological polar surface area (TPSA) is 27.0 Å². The van der Waals surface area contributed by atoms with Crippen LogP contribution < -0.4 is 0 Å². The second-order valence-corrected chi connectivity index (χ2v) is 3.42. The zero-order chi connectivity index (χ0) is 8.81. The van der Waals surface area contributed by atoms with Gasteiger partial charge in [0.05, 0.1) is 6.07 Å². The summed E-state index contributed by atoms with van der Waals surface area (Å²) in [6.45, 7) is 6.95. The maximum absolute atomic E-state index is 8.55. The van der Waals surface area contributed by atoms with Gasteiger partial charge in [-0.05, 0) is 25.3 Å². The minimum absolute atomic E-state index is 0.601. The van der Waals surface area contributed by atoms with Crippen molar-refractivity contribution < 1.29 is 0 Å². The minimum Gasteiger partial charge on any atom is -0.299 e. The highest BCUT2D eigenvalue weighted by atomic mass is 15.1. The van der Waals surface area contributed by atoms with Gasteiger partial charge in [-0.25, -0.2) is 0 Å². The number of likely N-dealkylation sites (tertiary alicyclic amines) is 1. The Hall–Kier alpha value is -0.810. The maximum atomic E-state index is 8.55. The molecule has 1 fully saturated rings. The fraction of sp³-hybridized carbons (Fsp3) is 0.700. The van der Waals surface area contributed by atoms with E-state index >= 15 is 0 Å². The van der Waals surface area contributed by atoms with Crippen LogP contribution in [-0.2, 0) is 0 Å². The molecule has 1 aliphatic rings. The van der Waals surface area contributed by atoms with Crippen LogP contribution in [0.15, 0.2) is 12.7 Å². The van der Waals surface area contributed by atoms with E-state index in [1.807, 2.05) is 6.08 Å². The number of hydrogen-bond acceptors (Lipinski definition) is 2. The number of piperidine rings is 1. The van der Waals surface area contributed by atoms with Crippen molar-refractivity contribution in [3.63, 3.8) is 0 Å². The molecule has 1 aliphatic heterocycles. The molecule has 12 heavy (non-hydrogen) atoms. The summed E-state index contributed by atoms with van der Waals surface area (Å²) in [6, 6.07) is 2.25. The summed E-state index contributed by atoms with van der Waals surface area (Å²) in [7, 11) is 0. The average molecular weight is 164 g/mol. The molecule has 0 aromatic heterocycles. The Bertz CT molecular complexity index is 181. The van der Waals surface area contributed by atoms with Crippen LogP contribution in [0.2, 0.25) is 0 Å². The van der Waals surface area contributed by atoms with Gasteiger partial charge in [0.2, 0.25) is 0 Å². The SMILES string of the molecule is C=CCN1CCCC(CC#N)C1. The lowest BCUT2D eigenvalue weighted by atomic mass is 9.95. The Balaban J connectivity index is 2.30. The lowest BCUT2D eigenvalue weighted by molar-refractivity contribution is 0.193. The second kappa shape index (κ2) is 4.95. The standard InChI is InChI=1S/C10H16N2/c1-2-7-12-8-3-4-10(9-12)5-6-11/h2,10H,1,3-5,7-9H2.